The zero-order chi connectivity index (χ0) is 24.5. The number of carbonyl (C=O) groups excluding carboxylic acids is 2. The topological polar surface area (TPSA) is 114 Å². The summed E-state index contributed by atoms with van der Waals surface area (Å²) < 4.78 is 10.6. The molecule has 2 atom stereocenters. The summed E-state index contributed by atoms with van der Waals surface area (Å²) in [6.07, 6.45) is -0.0534. The van der Waals surface area contributed by atoms with Gasteiger partial charge in [0.1, 0.15) is 6.61 Å². The van der Waals surface area contributed by atoms with Gasteiger partial charge in [-0.1, -0.05) is 61.9 Å². The summed E-state index contributed by atoms with van der Waals surface area (Å²) in [5, 5.41) is 14.3. The Balaban J connectivity index is 1.52. The van der Waals surface area contributed by atoms with Crippen molar-refractivity contribution in [2.24, 2.45) is 5.92 Å². The quantitative estimate of drug-likeness (QED) is 0.439. The predicted molar refractivity (Wildman–Crippen MR) is 128 cm³/mol. The van der Waals surface area contributed by atoms with E-state index in [1.165, 1.54) is 7.11 Å². The number of alkyl carbamates (subject to hydrolysis) is 1. The molecule has 1 aliphatic rings. The Kier molecular flexibility index (Phi) is 9.04. The van der Waals surface area contributed by atoms with Crippen molar-refractivity contribution < 1.29 is 29.0 Å². The second-order valence-electron chi connectivity index (χ2n) is 8.39. The minimum atomic E-state index is -0.997. The molecule has 0 heterocycles. The van der Waals surface area contributed by atoms with Crippen molar-refractivity contribution in [3.63, 3.8) is 0 Å². The maximum atomic E-state index is 12.6. The third-order valence-electron chi connectivity index (χ3n) is 6.08. The fourth-order valence-corrected chi connectivity index (χ4v) is 4.32. The van der Waals surface area contributed by atoms with Crippen molar-refractivity contribution in [2.45, 2.75) is 38.2 Å². The minimum Gasteiger partial charge on any atom is -0.481 e. The number of benzene rings is 2. The van der Waals surface area contributed by atoms with Crippen molar-refractivity contribution >= 4 is 18.0 Å². The molecular formula is C26H32N2O6. The molecule has 34 heavy (non-hydrogen) atoms. The van der Waals surface area contributed by atoms with E-state index < -0.39 is 24.1 Å². The van der Waals surface area contributed by atoms with Gasteiger partial charge < -0.3 is 25.2 Å². The van der Waals surface area contributed by atoms with E-state index in [2.05, 4.69) is 34.9 Å². The Morgan fingerprint density at radius 3 is 2.15 bits per heavy atom. The van der Waals surface area contributed by atoms with Crippen LogP contribution in [-0.4, -0.2) is 56.0 Å². The number of rotatable bonds is 12. The maximum absolute atomic E-state index is 12.6. The fourth-order valence-electron chi connectivity index (χ4n) is 4.32. The molecule has 2 aromatic carbocycles. The molecule has 182 valence electrons. The van der Waals surface area contributed by atoms with E-state index in [0.29, 0.717) is 6.42 Å². The number of amides is 2. The highest BCUT2D eigenvalue weighted by Gasteiger charge is 2.29. The number of fused-ring (bicyclic) bond motifs is 3. The molecule has 3 rings (SSSR count). The number of carboxylic acids is 1. The minimum absolute atomic E-state index is 0.0342. The van der Waals surface area contributed by atoms with Crippen molar-refractivity contribution in [1.82, 2.24) is 10.6 Å². The van der Waals surface area contributed by atoms with Crippen LogP contribution in [0.2, 0.25) is 0 Å². The fraction of sp³-hybridized carbons (Fsp3) is 0.423. The highest BCUT2D eigenvalue weighted by molar-refractivity contribution is 5.80. The predicted octanol–water partition coefficient (Wildman–Crippen LogP) is 3.55. The first-order valence-electron chi connectivity index (χ1n) is 11.6. The second kappa shape index (κ2) is 12.2. The largest absolute Gasteiger partial charge is 0.481 e. The van der Waals surface area contributed by atoms with Gasteiger partial charge in [0.2, 0.25) is 5.91 Å². The Hall–Kier alpha value is -3.39. The molecule has 1 aliphatic carbocycles. The van der Waals surface area contributed by atoms with Crippen molar-refractivity contribution in [1.29, 1.82) is 0 Å². The van der Waals surface area contributed by atoms with Gasteiger partial charge in [-0.25, -0.2) is 4.79 Å². The number of nitrogens with one attached hydrogen (secondary N) is 2. The van der Waals surface area contributed by atoms with Crippen LogP contribution >= 0.6 is 0 Å². The molecule has 8 nitrogen and oxygen atoms in total. The van der Waals surface area contributed by atoms with E-state index >= 15 is 0 Å². The standard InChI is InChI=1S/C26H32N2O6/c1-3-8-17(25(31)27-15-18(33-2)13-24(29)30)14-28-26(32)34-16-23-21-11-6-4-9-19(21)20-10-5-7-12-22(20)23/h4-7,9-12,17-18,23H,3,8,13-16H2,1-2H3,(H,27,31)(H,28,32)(H,29,30). The van der Waals surface area contributed by atoms with Crippen LogP contribution in [0.4, 0.5) is 4.79 Å². The van der Waals surface area contributed by atoms with Crippen LogP contribution in [0.15, 0.2) is 48.5 Å². The summed E-state index contributed by atoms with van der Waals surface area (Å²) in [5.74, 6) is -1.74. The lowest BCUT2D eigenvalue weighted by molar-refractivity contribution is -0.140. The molecule has 0 saturated heterocycles. The molecule has 0 aromatic heterocycles. The van der Waals surface area contributed by atoms with Crippen LogP contribution in [0.1, 0.15) is 43.2 Å². The van der Waals surface area contributed by atoms with Gasteiger partial charge in [0.15, 0.2) is 0 Å². The average molecular weight is 469 g/mol. The lowest BCUT2D eigenvalue weighted by Gasteiger charge is -2.20. The first-order valence-corrected chi connectivity index (χ1v) is 11.6. The Labute approximate surface area is 199 Å². The van der Waals surface area contributed by atoms with E-state index in [9.17, 15) is 14.4 Å². The summed E-state index contributed by atoms with van der Waals surface area (Å²) >= 11 is 0. The first kappa shape index (κ1) is 25.2. The van der Waals surface area contributed by atoms with Crippen molar-refractivity contribution in [2.75, 3.05) is 26.8 Å². The summed E-state index contributed by atoms with van der Waals surface area (Å²) in [4.78, 5) is 35.9. The zero-order valence-electron chi connectivity index (χ0n) is 19.6. The lowest BCUT2D eigenvalue weighted by atomic mass is 9.98. The molecule has 0 aliphatic heterocycles. The molecule has 0 bridgehead atoms. The molecule has 0 spiro atoms. The number of carbonyl (C=O) groups is 3. The monoisotopic (exact) mass is 468 g/mol. The van der Waals surface area contributed by atoms with E-state index in [1.807, 2.05) is 31.2 Å². The molecule has 2 unspecified atom stereocenters. The number of hydrogen-bond donors (Lipinski definition) is 3. The summed E-state index contributed by atoms with van der Waals surface area (Å²) in [5.41, 5.74) is 4.58. The smallest absolute Gasteiger partial charge is 0.407 e. The lowest BCUT2D eigenvalue weighted by Crippen LogP contribution is -2.42. The number of carboxylic acid groups (broad SMARTS) is 1. The van der Waals surface area contributed by atoms with Crippen LogP contribution in [0.3, 0.4) is 0 Å². The van der Waals surface area contributed by atoms with Gasteiger partial charge in [-0.2, -0.15) is 0 Å². The third-order valence-corrected chi connectivity index (χ3v) is 6.08. The molecule has 0 radical (unpaired) electrons. The van der Waals surface area contributed by atoms with Gasteiger partial charge >= 0.3 is 12.1 Å². The highest BCUT2D eigenvalue weighted by atomic mass is 16.5. The summed E-state index contributed by atoms with van der Waals surface area (Å²) in [6.45, 7) is 2.38. The number of aliphatic carboxylic acids is 1. The Morgan fingerprint density at radius 2 is 1.59 bits per heavy atom. The van der Waals surface area contributed by atoms with E-state index in [0.717, 1.165) is 28.7 Å². The van der Waals surface area contributed by atoms with E-state index in [4.69, 9.17) is 14.6 Å². The molecule has 3 N–H and O–H groups in total. The van der Waals surface area contributed by atoms with Gasteiger partial charge in [-0.05, 0) is 28.7 Å². The normalized spacial score (nSPS) is 13.9. The third kappa shape index (κ3) is 6.35. The molecular weight excluding hydrogens is 436 g/mol. The van der Waals surface area contributed by atoms with E-state index in [1.54, 1.807) is 0 Å². The van der Waals surface area contributed by atoms with Crippen LogP contribution in [0, 0.1) is 5.92 Å². The average Bonchev–Trinajstić information content (AvgIpc) is 3.16. The molecule has 0 saturated carbocycles. The first-order chi connectivity index (χ1) is 16.4. The number of hydrogen-bond acceptors (Lipinski definition) is 5. The SMILES string of the molecule is CCCC(CNC(=O)OCC1c2ccccc2-c2ccccc21)C(=O)NCC(CC(=O)O)OC. The van der Waals surface area contributed by atoms with Crippen LogP contribution in [-0.2, 0) is 19.1 Å². The summed E-state index contributed by atoms with van der Waals surface area (Å²) in [6, 6.07) is 16.2. The number of methoxy groups -OCH3 is 1. The van der Waals surface area contributed by atoms with Crippen LogP contribution < -0.4 is 10.6 Å². The molecule has 2 amide bonds. The highest BCUT2D eigenvalue weighted by Crippen LogP contribution is 2.44. The maximum Gasteiger partial charge on any atom is 0.407 e. The van der Waals surface area contributed by atoms with Crippen molar-refractivity contribution in [3.05, 3.63) is 59.7 Å². The Morgan fingerprint density at radius 1 is 0.971 bits per heavy atom. The Bertz CT molecular complexity index is 963. The van der Waals surface area contributed by atoms with Gasteiger partial charge in [-0.3, -0.25) is 9.59 Å². The zero-order valence-corrected chi connectivity index (χ0v) is 19.6. The number of ether oxygens (including phenoxy) is 2. The molecule has 0 fully saturated rings. The van der Waals surface area contributed by atoms with E-state index in [-0.39, 0.29) is 37.9 Å². The van der Waals surface area contributed by atoms with Gasteiger partial charge in [0.05, 0.1) is 18.4 Å². The summed E-state index contributed by atoms with van der Waals surface area (Å²) in [7, 11) is 1.40. The van der Waals surface area contributed by atoms with Crippen LogP contribution in [0.25, 0.3) is 11.1 Å². The molecule has 8 heteroatoms. The van der Waals surface area contributed by atoms with Crippen molar-refractivity contribution in [3.8, 4) is 11.1 Å². The second-order valence-corrected chi connectivity index (χ2v) is 8.39. The molecule has 2 aromatic rings. The van der Waals surface area contributed by atoms with Gasteiger partial charge in [0.25, 0.3) is 0 Å². The van der Waals surface area contributed by atoms with Gasteiger partial charge in [-0.15, -0.1) is 0 Å². The van der Waals surface area contributed by atoms with Crippen LogP contribution in [0.5, 0.6) is 0 Å². The van der Waals surface area contributed by atoms with Gasteiger partial charge in [0, 0.05) is 26.1 Å².